The molecule has 0 amide bonds. The van der Waals surface area contributed by atoms with Gasteiger partial charge in [0, 0.05) is 53.0 Å². The summed E-state index contributed by atoms with van der Waals surface area (Å²) in [6.45, 7) is 8.96. The van der Waals surface area contributed by atoms with E-state index in [1.807, 2.05) is 0 Å². The molecule has 1 aliphatic heterocycles. The summed E-state index contributed by atoms with van der Waals surface area (Å²) in [4.78, 5) is 0. The van der Waals surface area contributed by atoms with Crippen LogP contribution in [0.4, 0.5) is 0 Å². The minimum Gasteiger partial charge on any atom is -0.493 e. The van der Waals surface area contributed by atoms with Crippen LogP contribution in [0, 0.1) is 0 Å². The van der Waals surface area contributed by atoms with Crippen molar-refractivity contribution in [3.8, 4) is 0 Å². The number of benzene rings is 2. The Kier molecular flexibility index (Phi) is 21.4. The molecule has 0 radical (unpaired) electrons. The van der Waals surface area contributed by atoms with Crippen LogP contribution in [0.15, 0.2) is 59.7 Å². The van der Waals surface area contributed by atoms with E-state index in [2.05, 4.69) is 76.2 Å². The second-order valence-electron chi connectivity index (χ2n) is 10.2. The summed E-state index contributed by atoms with van der Waals surface area (Å²) < 4.78 is 1.50. The molecule has 0 aromatic heterocycles. The number of rotatable bonds is 15. The van der Waals surface area contributed by atoms with Crippen molar-refractivity contribution in [2.24, 2.45) is 0 Å². The quantitative estimate of drug-likeness (QED) is 0.123. The van der Waals surface area contributed by atoms with Crippen molar-refractivity contribution in [3.05, 3.63) is 87.5 Å². The minimum atomic E-state index is 0. The van der Waals surface area contributed by atoms with Gasteiger partial charge in [0.05, 0.1) is 0 Å². The fourth-order valence-electron chi connectivity index (χ4n) is 5.25. The molecule has 5 heteroatoms. The molecular formula is C35H54N2NiO2. The molecule has 0 unspecified atom stereocenters. The van der Waals surface area contributed by atoms with Gasteiger partial charge in [0.25, 0.3) is 0 Å². The molecule has 0 fully saturated rings. The van der Waals surface area contributed by atoms with Crippen LogP contribution in [0.1, 0.15) is 121 Å². The van der Waals surface area contributed by atoms with Crippen molar-refractivity contribution in [2.45, 2.75) is 111 Å². The number of unbranched alkanes of at least 4 members (excludes halogenated alkanes) is 7. The fourth-order valence-corrected chi connectivity index (χ4v) is 5.25. The Bertz CT molecular complexity index is 1060. The van der Waals surface area contributed by atoms with Gasteiger partial charge < -0.3 is 15.7 Å². The second-order valence-corrected chi connectivity index (χ2v) is 10.2. The zero-order valence-corrected chi connectivity index (χ0v) is 26.9. The third-order valence-electron chi connectivity index (χ3n) is 7.34. The van der Waals surface area contributed by atoms with Crippen LogP contribution in [0.3, 0.4) is 0 Å². The van der Waals surface area contributed by atoms with E-state index in [4.69, 9.17) is 10.2 Å². The van der Waals surface area contributed by atoms with Gasteiger partial charge in [-0.3, -0.25) is 0 Å². The number of allylic oxidation sites excluding steroid dienone is 2. The van der Waals surface area contributed by atoms with Gasteiger partial charge in [-0.2, -0.15) is 0 Å². The van der Waals surface area contributed by atoms with Gasteiger partial charge in [-0.05, 0) is 80.8 Å². The van der Waals surface area contributed by atoms with Crippen LogP contribution >= 0.6 is 0 Å². The Balaban J connectivity index is 0.00000291. The number of aliphatic hydroxyl groups is 2. The number of aryl methyl sites for hydroxylation is 2. The molecular weight excluding hydrogens is 539 g/mol. The first kappa shape index (κ1) is 37.9. The predicted molar refractivity (Wildman–Crippen MR) is 168 cm³/mol. The maximum Gasteiger partial charge on any atom is 0.211 e. The Morgan fingerprint density at radius 2 is 1.05 bits per heavy atom. The molecule has 0 saturated heterocycles. The Morgan fingerprint density at radius 3 is 1.55 bits per heavy atom. The normalized spacial score (nSPS) is 12.4. The van der Waals surface area contributed by atoms with Crippen molar-refractivity contribution in [1.29, 1.82) is 0 Å². The van der Waals surface area contributed by atoms with E-state index in [-0.39, 0.29) is 16.5 Å². The van der Waals surface area contributed by atoms with Gasteiger partial charge in [-0.15, -0.1) is 0 Å². The molecule has 2 N–H and O–H groups in total. The van der Waals surface area contributed by atoms with Crippen LogP contribution in [-0.4, -0.2) is 29.1 Å². The molecule has 40 heavy (non-hydrogen) atoms. The van der Waals surface area contributed by atoms with E-state index < -0.39 is 0 Å². The van der Waals surface area contributed by atoms with Crippen LogP contribution in [0.25, 0.3) is 16.9 Å². The van der Waals surface area contributed by atoms with Gasteiger partial charge >= 0.3 is 0 Å². The molecule has 0 spiro atoms. The first-order valence-electron chi connectivity index (χ1n) is 15.1. The molecule has 1 aliphatic rings. The zero-order valence-electron chi connectivity index (χ0n) is 25.9. The van der Waals surface area contributed by atoms with Gasteiger partial charge in [0.2, 0.25) is 11.4 Å². The summed E-state index contributed by atoms with van der Waals surface area (Å²) >= 11 is 0. The summed E-state index contributed by atoms with van der Waals surface area (Å²) in [5.41, 5.74) is 21.1. The molecule has 0 bridgehead atoms. The number of nitrogens with zero attached hydrogens (tertiary/aromatic N) is 2. The Labute approximate surface area is 255 Å². The van der Waals surface area contributed by atoms with Crippen LogP contribution in [0.2, 0.25) is 0 Å². The van der Waals surface area contributed by atoms with Gasteiger partial charge in [0.1, 0.15) is 0 Å². The predicted octanol–water partition coefficient (Wildman–Crippen LogP) is 9.53. The maximum absolute atomic E-state index is 11.6. The van der Waals surface area contributed by atoms with Crippen molar-refractivity contribution < 1.29 is 31.4 Å². The third-order valence-corrected chi connectivity index (χ3v) is 7.34. The van der Waals surface area contributed by atoms with E-state index in [1.165, 1.54) is 91.2 Å². The number of aliphatic hydroxyl groups excluding tert-OH is 2. The summed E-state index contributed by atoms with van der Waals surface area (Å²) in [6, 6.07) is 17.6. The van der Waals surface area contributed by atoms with Crippen molar-refractivity contribution in [2.75, 3.05) is 14.2 Å². The van der Waals surface area contributed by atoms with E-state index >= 15 is 0 Å². The first-order valence-corrected chi connectivity index (χ1v) is 15.1. The topological polar surface area (TPSA) is 65.8 Å². The molecule has 0 saturated carbocycles. The standard InChI is InChI=1S/C33H46N2.2CH4O.Ni/c1-5-8-11-12-13-14-23-31-26(4)32(29-21-15-19-27(24-29)17-9-6-2)35(34)33(31)30-22-16-20-28(25-30)18-10-7-3;2*1-2;/h15-16,19-22,24-25H,5-14,17-18,23H2,1-4H3;2*2H,1H3;. The van der Waals surface area contributed by atoms with E-state index in [0.717, 1.165) is 56.0 Å². The molecule has 1 heterocycles. The van der Waals surface area contributed by atoms with Crippen LogP contribution in [-0.2, 0) is 29.3 Å². The third kappa shape index (κ3) is 11.4. The number of hydrogen-bond donors (Lipinski definition) is 2. The summed E-state index contributed by atoms with van der Waals surface area (Å²) in [6.07, 6.45) is 15.7. The fraction of sp³-hybridized carbons (Fsp3) is 0.543. The van der Waals surface area contributed by atoms with Gasteiger partial charge in [-0.1, -0.05) is 90.0 Å². The average Bonchev–Trinajstić information content (AvgIpc) is 3.23. The van der Waals surface area contributed by atoms with E-state index in [9.17, 15) is 5.53 Å². The SMILES string of the molecule is CCCCCCCCC1=C(c2cccc(CCCC)c2)[N+](=[N-])C(c2cccc(CCCC)c2)=C1C.CO.CO.[Ni]. The zero-order chi connectivity index (χ0) is 29.0. The largest absolute Gasteiger partial charge is 0.493 e. The smallest absolute Gasteiger partial charge is 0.211 e. The summed E-state index contributed by atoms with van der Waals surface area (Å²) in [7, 11) is 2.00. The molecule has 3 rings (SSSR count). The van der Waals surface area contributed by atoms with Gasteiger partial charge in [0.15, 0.2) is 0 Å². The van der Waals surface area contributed by atoms with Crippen molar-refractivity contribution >= 4 is 11.4 Å². The molecule has 2 aromatic carbocycles. The van der Waals surface area contributed by atoms with Gasteiger partial charge in [-0.25, -0.2) is 4.70 Å². The van der Waals surface area contributed by atoms with Crippen molar-refractivity contribution in [3.63, 3.8) is 0 Å². The Morgan fingerprint density at radius 1 is 0.600 bits per heavy atom. The molecule has 0 atom stereocenters. The molecule has 0 aliphatic carbocycles. The van der Waals surface area contributed by atoms with E-state index in [0.29, 0.717) is 0 Å². The molecule has 2 aromatic rings. The summed E-state index contributed by atoms with van der Waals surface area (Å²) in [5.74, 6) is 0. The van der Waals surface area contributed by atoms with Crippen LogP contribution < -0.4 is 0 Å². The summed E-state index contributed by atoms with van der Waals surface area (Å²) in [5, 5.41) is 14.0. The second kappa shape index (κ2) is 22.6. The maximum atomic E-state index is 11.6. The molecule has 4 nitrogen and oxygen atoms in total. The van der Waals surface area contributed by atoms with Crippen molar-refractivity contribution in [1.82, 2.24) is 0 Å². The van der Waals surface area contributed by atoms with E-state index in [1.54, 1.807) is 0 Å². The Hall–Kier alpha value is -2.07. The monoisotopic (exact) mass is 592 g/mol. The first-order chi connectivity index (χ1) is 19.1. The average molecular weight is 594 g/mol. The molecule has 226 valence electrons. The van der Waals surface area contributed by atoms with Crippen LogP contribution in [0.5, 0.6) is 0 Å². The minimum absolute atomic E-state index is 0. The number of hydrogen-bond acceptors (Lipinski definition) is 2.